The molecule has 2 aromatic carbocycles. The van der Waals surface area contributed by atoms with Crippen LogP contribution in [0.25, 0.3) is 0 Å². The average molecular weight is 374 g/mol. The average Bonchev–Trinajstić information content (AvgIpc) is 2.64. The molecule has 0 aliphatic heterocycles. The monoisotopic (exact) mass is 374 g/mol. The van der Waals surface area contributed by atoms with Gasteiger partial charge in [-0.1, -0.05) is 12.1 Å². The Morgan fingerprint density at radius 2 is 1.78 bits per heavy atom. The van der Waals surface area contributed by atoms with Crippen LogP contribution >= 0.6 is 0 Å². The summed E-state index contributed by atoms with van der Waals surface area (Å²) >= 11 is 0. The molecule has 0 saturated carbocycles. The maximum absolute atomic E-state index is 13.6. The highest BCUT2D eigenvalue weighted by Gasteiger charge is 2.15. The summed E-state index contributed by atoms with van der Waals surface area (Å²) in [7, 11) is 0. The number of amides is 1. The number of carbonyl (C=O) groups is 1. The first-order valence-corrected chi connectivity index (χ1v) is 7.80. The molecular weight excluding hydrogens is 361 g/mol. The summed E-state index contributed by atoms with van der Waals surface area (Å²) in [6.07, 6.45) is 1.28. The summed E-state index contributed by atoms with van der Waals surface area (Å²) in [4.78, 5) is 29.9. The number of pyridine rings is 1. The lowest BCUT2D eigenvalue weighted by Crippen LogP contribution is -2.32. The van der Waals surface area contributed by atoms with Gasteiger partial charge < -0.3 is 10.2 Å². The van der Waals surface area contributed by atoms with Gasteiger partial charge >= 0.3 is 0 Å². The Morgan fingerprint density at radius 3 is 2.56 bits per heavy atom. The van der Waals surface area contributed by atoms with Gasteiger partial charge in [0.05, 0.1) is 5.69 Å². The van der Waals surface area contributed by atoms with Crippen molar-refractivity contribution in [3.63, 3.8) is 0 Å². The van der Waals surface area contributed by atoms with E-state index in [1.807, 2.05) is 0 Å². The summed E-state index contributed by atoms with van der Waals surface area (Å²) in [5, 5.41) is 2.14. The molecule has 1 amide bonds. The first kappa shape index (κ1) is 18.2. The summed E-state index contributed by atoms with van der Waals surface area (Å²) in [6.45, 7) is -0.110. The minimum atomic E-state index is -0.923. The molecule has 1 N–H and O–H groups in total. The predicted molar refractivity (Wildman–Crippen MR) is 91.7 cm³/mol. The topological polar surface area (TPSA) is 60.3 Å². The molecule has 0 aliphatic rings. The van der Waals surface area contributed by atoms with Gasteiger partial charge in [-0.15, -0.1) is 0 Å². The van der Waals surface area contributed by atoms with E-state index in [1.54, 1.807) is 6.07 Å². The van der Waals surface area contributed by atoms with E-state index in [0.717, 1.165) is 22.9 Å². The summed E-state index contributed by atoms with van der Waals surface area (Å²) in [5.41, 5.74) is -1.04. The minimum absolute atomic E-state index is 0.110. The quantitative estimate of drug-likeness (QED) is 0.746. The number of benzene rings is 2. The van der Waals surface area contributed by atoms with Crippen molar-refractivity contribution >= 4 is 11.6 Å². The van der Waals surface area contributed by atoms with Crippen molar-refractivity contribution in [3.05, 3.63) is 99.7 Å². The van der Waals surface area contributed by atoms with Crippen molar-refractivity contribution < 1.29 is 22.8 Å². The van der Waals surface area contributed by atoms with Crippen molar-refractivity contribution in [2.24, 2.45) is 0 Å². The second-order valence-corrected chi connectivity index (χ2v) is 5.53. The molecule has 0 spiro atoms. The number of hydrogen-bond acceptors (Lipinski definition) is 3. The molecule has 138 valence electrons. The van der Waals surface area contributed by atoms with E-state index in [1.165, 1.54) is 36.5 Å². The fourth-order valence-electron chi connectivity index (χ4n) is 2.30. The normalized spacial score (nSPS) is 10.5. The third-order valence-corrected chi connectivity index (χ3v) is 3.60. The number of rotatable bonds is 5. The Bertz CT molecular complexity index is 1050. The van der Waals surface area contributed by atoms with Crippen LogP contribution in [0.2, 0.25) is 0 Å². The highest BCUT2D eigenvalue weighted by atomic mass is 19.1. The molecule has 1 heterocycles. The first-order valence-electron chi connectivity index (χ1n) is 7.80. The second kappa shape index (κ2) is 7.77. The summed E-state index contributed by atoms with van der Waals surface area (Å²) in [5.74, 6) is -2.96. The molecule has 0 unspecified atom stereocenters. The standard InChI is InChI=1S/C19H13F3N2O3/c20-13-4-1-3-12(9-13)11-27-24-8-2-5-15(19(24)26)18(25)23-17-10-14(21)6-7-16(17)22/h1-10H,11H2,(H,23,25). The number of hydrogen-bond donors (Lipinski definition) is 1. The molecule has 5 nitrogen and oxygen atoms in total. The van der Waals surface area contributed by atoms with Gasteiger partial charge in [-0.05, 0) is 42.0 Å². The fourth-order valence-corrected chi connectivity index (χ4v) is 2.30. The number of halogens is 3. The number of nitrogens with one attached hydrogen (secondary N) is 1. The molecular formula is C19H13F3N2O3. The van der Waals surface area contributed by atoms with Crippen molar-refractivity contribution in [2.75, 3.05) is 5.32 Å². The van der Waals surface area contributed by atoms with Gasteiger partial charge in [0, 0.05) is 12.3 Å². The third kappa shape index (κ3) is 4.35. The lowest BCUT2D eigenvalue weighted by atomic mass is 10.2. The van der Waals surface area contributed by atoms with Crippen molar-refractivity contribution in [1.82, 2.24) is 4.73 Å². The molecule has 0 radical (unpaired) electrons. The lowest BCUT2D eigenvalue weighted by Gasteiger charge is -2.10. The van der Waals surface area contributed by atoms with E-state index in [-0.39, 0.29) is 12.2 Å². The Balaban J connectivity index is 1.78. The molecule has 27 heavy (non-hydrogen) atoms. The molecule has 8 heteroatoms. The van der Waals surface area contributed by atoms with Crippen LogP contribution in [0, 0.1) is 17.5 Å². The molecule has 0 aliphatic carbocycles. The highest BCUT2D eigenvalue weighted by Crippen LogP contribution is 2.15. The maximum Gasteiger partial charge on any atom is 0.295 e. The van der Waals surface area contributed by atoms with Crippen LogP contribution in [0.5, 0.6) is 0 Å². The lowest BCUT2D eigenvalue weighted by molar-refractivity contribution is 0.0862. The van der Waals surface area contributed by atoms with E-state index >= 15 is 0 Å². The van der Waals surface area contributed by atoms with Crippen molar-refractivity contribution in [2.45, 2.75) is 6.61 Å². The molecule has 3 aromatic rings. The van der Waals surface area contributed by atoms with Gasteiger partial charge in [0.25, 0.3) is 11.5 Å². The van der Waals surface area contributed by atoms with Crippen LogP contribution in [0.15, 0.2) is 65.6 Å². The number of aromatic nitrogens is 1. The smallest absolute Gasteiger partial charge is 0.295 e. The minimum Gasteiger partial charge on any atom is -0.406 e. The van der Waals surface area contributed by atoms with Crippen molar-refractivity contribution in [1.29, 1.82) is 0 Å². The maximum atomic E-state index is 13.6. The zero-order valence-corrected chi connectivity index (χ0v) is 13.8. The van der Waals surface area contributed by atoms with E-state index < -0.39 is 34.6 Å². The molecule has 0 saturated heterocycles. The molecule has 3 rings (SSSR count). The van der Waals surface area contributed by atoms with Crippen LogP contribution in [-0.2, 0) is 6.61 Å². The van der Waals surface area contributed by atoms with Gasteiger partial charge in [-0.25, -0.2) is 13.2 Å². The van der Waals surface area contributed by atoms with Gasteiger partial charge in [0.2, 0.25) is 0 Å². The van der Waals surface area contributed by atoms with E-state index in [2.05, 4.69) is 5.32 Å². The van der Waals surface area contributed by atoms with Crippen LogP contribution in [0.1, 0.15) is 15.9 Å². The third-order valence-electron chi connectivity index (χ3n) is 3.60. The zero-order chi connectivity index (χ0) is 19.4. The molecule has 0 bridgehead atoms. The number of carbonyl (C=O) groups excluding carboxylic acids is 1. The highest BCUT2D eigenvalue weighted by molar-refractivity contribution is 6.04. The molecule has 0 atom stereocenters. The summed E-state index contributed by atoms with van der Waals surface area (Å²) in [6, 6.07) is 10.8. The molecule has 1 aromatic heterocycles. The van der Waals surface area contributed by atoms with Crippen molar-refractivity contribution in [3.8, 4) is 0 Å². The van der Waals surface area contributed by atoms with Crippen LogP contribution in [-0.4, -0.2) is 10.6 Å². The van der Waals surface area contributed by atoms with E-state index in [9.17, 15) is 22.8 Å². The first-order chi connectivity index (χ1) is 12.9. The van der Waals surface area contributed by atoms with Crippen LogP contribution in [0.4, 0.5) is 18.9 Å². The largest absolute Gasteiger partial charge is 0.406 e. The van der Waals surface area contributed by atoms with Gasteiger partial charge in [0.15, 0.2) is 0 Å². The zero-order valence-electron chi connectivity index (χ0n) is 13.8. The SMILES string of the molecule is O=C(Nc1cc(F)ccc1F)c1cccn(OCc2cccc(F)c2)c1=O. The predicted octanol–water partition coefficient (Wildman–Crippen LogP) is 3.15. The van der Waals surface area contributed by atoms with E-state index in [0.29, 0.717) is 5.56 Å². The number of nitrogens with zero attached hydrogens (tertiary/aromatic N) is 1. The van der Waals surface area contributed by atoms with Gasteiger partial charge in [-0.3, -0.25) is 9.59 Å². The molecule has 0 fully saturated rings. The van der Waals surface area contributed by atoms with Gasteiger partial charge in [-0.2, -0.15) is 4.73 Å². The van der Waals surface area contributed by atoms with Crippen LogP contribution in [0.3, 0.4) is 0 Å². The second-order valence-electron chi connectivity index (χ2n) is 5.53. The van der Waals surface area contributed by atoms with Gasteiger partial charge in [0.1, 0.15) is 29.6 Å². The Hall–Kier alpha value is -3.55. The Labute approximate surface area is 151 Å². The Kier molecular flexibility index (Phi) is 5.25. The Morgan fingerprint density at radius 1 is 1.00 bits per heavy atom. The summed E-state index contributed by atoms with van der Waals surface area (Å²) < 4.78 is 40.8. The van der Waals surface area contributed by atoms with Crippen LogP contribution < -0.4 is 15.7 Å². The van der Waals surface area contributed by atoms with E-state index in [4.69, 9.17) is 4.84 Å². The fraction of sp³-hybridized carbons (Fsp3) is 0.0526. The number of anilines is 1.